The van der Waals surface area contributed by atoms with Gasteiger partial charge in [0.15, 0.2) is 6.29 Å². The van der Waals surface area contributed by atoms with Crippen molar-refractivity contribution in [2.75, 3.05) is 11.9 Å². The van der Waals surface area contributed by atoms with Crippen LogP contribution in [0.3, 0.4) is 0 Å². The predicted octanol–water partition coefficient (Wildman–Crippen LogP) is 7.33. The number of alkyl halides is 1. The molecule has 0 saturated carbocycles. The van der Waals surface area contributed by atoms with Gasteiger partial charge in [0.2, 0.25) is 0 Å². The SMILES string of the molecule is CCCCCC=CCC=CCCCCCCCCC1OCC(CBr)O1. The summed E-state index contributed by atoms with van der Waals surface area (Å²) in [6.07, 6.45) is 26.2. The molecule has 3 heteroatoms. The molecule has 0 aromatic heterocycles. The molecule has 0 bridgehead atoms. The lowest BCUT2D eigenvalue weighted by atomic mass is 10.1. The topological polar surface area (TPSA) is 18.5 Å². The van der Waals surface area contributed by atoms with E-state index < -0.39 is 0 Å². The number of unbranched alkanes of at least 4 members (excludes halogenated alkanes) is 9. The van der Waals surface area contributed by atoms with Crippen molar-refractivity contribution in [3.05, 3.63) is 24.3 Å². The van der Waals surface area contributed by atoms with Crippen molar-refractivity contribution in [2.45, 2.75) is 103 Å². The summed E-state index contributed by atoms with van der Waals surface area (Å²) in [6.45, 7) is 3.00. The van der Waals surface area contributed by atoms with Gasteiger partial charge in [-0.3, -0.25) is 0 Å². The van der Waals surface area contributed by atoms with E-state index in [-0.39, 0.29) is 12.4 Å². The minimum absolute atomic E-state index is 0.0494. The zero-order valence-electron chi connectivity index (χ0n) is 16.3. The first-order valence-corrected chi connectivity index (χ1v) is 11.6. The zero-order chi connectivity index (χ0) is 18.0. The molecular formula is C22H39BrO2. The fraction of sp³-hybridized carbons (Fsp3) is 0.818. The second-order valence-corrected chi connectivity index (χ2v) is 7.70. The van der Waals surface area contributed by atoms with Gasteiger partial charge in [0.05, 0.1) is 12.7 Å². The molecular weight excluding hydrogens is 376 g/mol. The molecule has 2 nitrogen and oxygen atoms in total. The average molecular weight is 415 g/mol. The molecule has 0 aliphatic carbocycles. The van der Waals surface area contributed by atoms with Crippen LogP contribution in [0.2, 0.25) is 0 Å². The number of hydrogen-bond acceptors (Lipinski definition) is 2. The van der Waals surface area contributed by atoms with Crippen molar-refractivity contribution >= 4 is 15.9 Å². The van der Waals surface area contributed by atoms with Crippen molar-refractivity contribution in [3.63, 3.8) is 0 Å². The number of hydrogen-bond donors (Lipinski definition) is 0. The molecule has 0 spiro atoms. The highest BCUT2D eigenvalue weighted by Crippen LogP contribution is 2.19. The summed E-state index contributed by atoms with van der Waals surface area (Å²) in [7, 11) is 0. The fourth-order valence-electron chi connectivity index (χ4n) is 3.04. The van der Waals surface area contributed by atoms with Gasteiger partial charge in [0.25, 0.3) is 0 Å². The molecule has 146 valence electrons. The Balaban J connectivity index is 1.78. The molecule has 2 unspecified atom stereocenters. The molecule has 0 aromatic rings. The van der Waals surface area contributed by atoms with Crippen molar-refractivity contribution in [2.24, 2.45) is 0 Å². The molecule has 0 N–H and O–H groups in total. The maximum absolute atomic E-state index is 5.75. The monoisotopic (exact) mass is 414 g/mol. The van der Waals surface area contributed by atoms with Crippen LogP contribution in [0.5, 0.6) is 0 Å². The standard InChI is InChI=1S/C22H39BrO2/c1-2-3-4-5-6-7-8-9-10-11-12-13-14-15-16-17-18-22-24-20-21(19-23)25-22/h6-7,9-10,21-22H,2-5,8,11-20H2,1H3. The van der Waals surface area contributed by atoms with Crippen LogP contribution in [0.25, 0.3) is 0 Å². The lowest BCUT2D eigenvalue weighted by molar-refractivity contribution is -0.0596. The Hall–Kier alpha value is -0.120. The van der Waals surface area contributed by atoms with Crippen LogP contribution in [0.4, 0.5) is 0 Å². The van der Waals surface area contributed by atoms with Gasteiger partial charge >= 0.3 is 0 Å². The van der Waals surface area contributed by atoms with Crippen LogP contribution in [-0.4, -0.2) is 24.3 Å². The summed E-state index contributed by atoms with van der Waals surface area (Å²) in [4.78, 5) is 0. The van der Waals surface area contributed by atoms with Crippen LogP contribution in [0, 0.1) is 0 Å². The Bertz CT molecular complexity index is 341. The molecule has 2 atom stereocenters. The van der Waals surface area contributed by atoms with Gasteiger partial charge in [-0.2, -0.15) is 0 Å². The van der Waals surface area contributed by atoms with Gasteiger partial charge in [0, 0.05) is 5.33 Å². The lowest BCUT2D eigenvalue weighted by Gasteiger charge is -2.09. The number of ether oxygens (including phenoxy) is 2. The van der Waals surface area contributed by atoms with Gasteiger partial charge in [-0.25, -0.2) is 0 Å². The van der Waals surface area contributed by atoms with E-state index >= 15 is 0 Å². The Morgan fingerprint density at radius 1 is 0.840 bits per heavy atom. The van der Waals surface area contributed by atoms with E-state index in [4.69, 9.17) is 9.47 Å². The normalized spacial score (nSPS) is 21.0. The smallest absolute Gasteiger partial charge is 0.158 e. The maximum Gasteiger partial charge on any atom is 0.158 e. The van der Waals surface area contributed by atoms with Crippen LogP contribution in [-0.2, 0) is 9.47 Å². The van der Waals surface area contributed by atoms with Gasteiger partial charge in [-0.05, 0) is 44.9 Å². The minimum Gasteiger partial charge on any atom is -0.350 e. The molecule has 0 amide bonds. The molecule has 0 radical (unpaired) electrons. The predicted molar refractivity (Wildman–Crippen MR) is 112 cm³/mol. The lowest BCUT2D eigenvalue weighted by Crippen LogP contribution is -2.13. The van der Waals surface area contributed by atoms with Crippen LogP contribution >= 0.6 is 15.9 Å². The van der Waals surface area contributed by atoms with Crippen LogP contribution in [0.15, 0.2) is 24.3 Å². The maximum atomic E-state index is 5.75. The number of rotatable bonds is 16. The third-order valence-electron chi connectivity index (χ3n) is 4.62. The Morgan fingerprint density at radius 3 is 2.12 bits per heavy atom. The van der Waals surface area contributed by atoms with Gasteiger partial charge in [-0.15, -0.1) is 0 Å². The third-order valence-corrected chi connectivity index (χ3v) is 5.35. The van der Waals surface area contributed by atoms with Crippen LogP contribution < -0.4 is 0 Å². The molecule has 1 saturated heterocycles. The highest BCUT2D eigenvalue weighted by atomic mass is 79.9. The zero-order valence-corrected chi connectivity index (χ0v) is 17.9. The summed E-state index contributed by atoms with van der Waals surface area (Å²) in [5.41, 5.74) is 0. The number of allylic oxidation sites excluding steroid dienone is 4. The van der Waals surface area contributed by atoms with E-state index in [9.17, 15) is 0 Å². The highest BCUT2D eigenvalue weighted by molar-refractivity contribution is 9.09. The third kappa shape index (κ3) is 13.7. The fourth-order valence-corrected chi connectivity index (χ4v) is 3.38. The molecule has 1 heterocycles. The van der Waals surface area contributed by atoms with Gasteiger partial charge in [0.1, 0.15) is 0 Å². The van der Waals surface area contributed by atoms with Crippen molar-refractivity contribution < 1.29 is 9.47 Å². The quantitative estimate of drug-likeness (QED) is 0.149. The second-order valence-electron chi connectivity index (χ2n) is 7.05. The van der Waals surface area contributed by atoms with E-state index in [2.05, 4.69) is 47.2 Å². The molecule has 1 rings (SSSR count). The van der Waals surface area contributed by atoms with Crippen molar-refractivity contribution in [1.82, 2.24) is 0 Å². The summed E-state index contributed by atoms with van der Waals surface area (Å²) in [5.74, 6) is 0. The van der Waals surface area contributed by atoms with Gasteiger partial charge in [-0.1, -0.05) is 85.7 Å². The first kappa shape index (κ1) is 22.9. The molecule has 1 aliphatic heterocycles. The van der Waals surface area contributed by atoms with Gasteiger partial charge < -0.3 is 9.47 Å². The van der Waals surface area contributed by atoms with E-state index in [0.29, 0.717) is 0 Å². The Labute approximate surface area is 164 Å². The minimum atomic E-state index is 0.0494. The summed E-state index contributed by atoms with van der Waals surface area (Å²) >= 11 is 3.44. The second kappa shape index (κ2) is 17.3. The van der Waals surface area contributed by atoms with E-state index in [0.717, 1.165) is 24.8 Å². The van der Waals surface area contributed by atoms with Crippen molar-refractivity contribution in [1.29, 1.82) is 0 Å². The Kier molecular flexibility index (Phi) is 15.9. The average Bonchev–Trinajstić information content (AvgIpc) is 3.09. The first-order chi connectivity index (χ1) is 12.4. The highest BCUT2D eigenvalue weighted by Gasteiger charge is 2.24. The molecule has 1 aliphatic rings. The van der Waals surface area contributed by atoms with E-state index in [1.54, 1.807) is 0 Å². The number of halogens is 1. The van der Waals surface area contributed by atoms with E-state index in [1.165, 1.54) is 70.6 Å². The van der Waals surface area contributed by atoms with Crippen LogP contribution in [0.1, 0.15) is 90.4 Å². The molecule has 1 fully saturated rings. The summed E-state index contributed by atoms with van der Waals surface area (Å²) in [5, 5.41) is 0.882. The Morgan fingerprint density at radius 2 is 1.48 bits per heavy atom. The molecule has 0 aromatic carbocycles. The molecule has 25 heavy (non-hydrogen) atoms. The summed E-state index contributed by atoms with van der Waals surface area (Å²) < 4.78 is 11.4. The van der Waals surface area contributed by atoms with E-state index in [1.807, 2.05) is 0 Å². The first-order valence-electron chi connectivity index (χ1n) is 10.5. The van der Waals surface area contributed by atoms with Crippen molar-refractivity contribution in [3.8, 4) is 0 Å². The summed E-state index contributed by atoms with van der Waals surface area (Å²) in [6, 6.07) is 0. The largest absolute Gasteiger partial charge is 0.350 e.